The Bertz CT molecular complexity index is 1180. The second kappa shape index (κ2) is 10.1. The number of methoxy groups -OCH3 is 1. The zero-order valence-electron chi connectivity index (χ0n) is 17.8. The summed E-state index contributed by atoms with van der Waals surface area (Å²) in [7, 11) is 1.51. The van der Waals surface area contributed by atoms with E-state index in [0.717, 1.165) is 5.56 Å². The number of benzene rings is 3. The summed E-state index contributed by atoms with van der Waals surface area (Å²) in [5.74, 6) is 1.26. The van der Waals surface area contributed by atoms with Gasteiger partial charge in [0.2, 0.25) is 12.7 Å². The second-order valence-electron chi connectivity index (χ2n) is 7.16. The number of hydrogen-bond donors (Lipinski definition) is 3. The minimum absolute atomic E-state index is 0.0535. The third kappa shape index (κ3) is 5.48. The Balaban J connectivity index is 1.36. The fourth-order valence-electron chi connectivity index (χ4n) is 3.31. The van der Waals surface area contributed by atoms with Crippen LogP contribution in [0.2, 0.25) is 5.02 Å². The van der Waals surface area contributed by atoms with Crippen LogP contribution in [0.4, 0.5) is 11.4 Å². The molecule has 0 spiro atoms. The van der Waals surface area contributed by atoms with E-state index in [9.17, 15) is 9.59 Å². The lowest BCUT2D eigenvalue weighted by atomic mass is 10.1. The van der Waals surface area contributed by atoms with Crippen LogP contribution in [0.25, 0.3) is 0 Å². The quantitative estimate of drug-likeness (QED) is 0.462. The summed E-state index contributed by atoms with van der Waals surface area (Å²) < 4.78 is 15.9. The molecule has 1 heterocycles. The van der Waals surface area contributed by atoms with Gasteiger partial charge in [0.15, 0.2) is 11.5 Å². The first-order chi connectivity index (χ1) is 16.0. The zero-order valence-corrected chi connectivity index (χ0v) is 18.6. The fraction of sp³-hybridized carbons (Fsp3) is 0.167. The van der Waals surface area contributed by atoms with E-state index in [1.807, 2.05) is 18.2 Å². The van der Waals surface area contributed by atoms with Gasteiger partial charge in [-0.15, -0.1) is 0 Å². The van der Waals surface area contributed by atoms with Gasteiger partial charge in [0, 0.05) is 17.3 Å². The molecule has 33 heavy (non-hydrogen) atoms. The molecule has 0 saturated carbocycles. The van der Waals surface area contributed by atoms with Gasteiger partial charge in [-0.25, -0.2) is 0 Å². The number of halogens is 1. The molecule has 3 aromatic rings. The average Bonchev–Trinajstić information content (AvgIpc) is 3.29. The van der Waals surface area contributed by atoms with E-state index in [-0.39, 0.29) is 25.2 Å². The monoisotopic (exact) mass is 467 g/mol. The second-order valence-corrected chi connectivity index (χ2v) is 7.60. The van der Waals surface area contributed by atoms with Gasteiger partial charge in [0.25, 0.3) is 5.91 Å². The smallest absolute Gasteiger partial charge is 0.253 e. The van der Waals surface area contributed by atoms with Crippen LogP contribution in [-0.2, 0) is 11.3 Å². The van der Waals surface area contributed by atoms with Gasteiger partial charge in [-0.3, -0.25) is 9.59 Å². The Morgan fingerprint density at radius 3 is 2.67 bits per heavy atom. The first kappa shape index (κ1) is 22.3. The summed E-state index contributed by atoms with van der Waals surface area (Å²) in [5.41, 5.74) is 2.31. The molecule has 9 heteroatoms. The zero-order chi connectivity index (χ0) is 23.2. The van der Waals surface area contributed by atoms with Crippen LogP contribution in [0.1, 0.15) is 15.9 Å². The summed E-state index contributed by atoms with van der Waals surface area (Å²) in [6.07, 6.45) is 0. The van der Waals surface area contributed by atoms with Gasteiger partial charge in [-0.1, -0.05) is 29.8 Å². The maximum atomic E-state index is 12.8. The molecule has 0 unspecified atom stereocenters. The standard InChI is InChI=1S/C24H22ClN3O5/c1-31-20-9-7-16(25)11-19(20)28-23(29)13-26-18-5-3-2-4-17(18)24(30)27-12-15-6-8-21-22(10-15)33-14-32-21/h2-11,26H,12-14H2,1H3,(H,27,30)(H,28,29). The van der Waals surface area contributed by atoms with Crippen LogP contribution >= 0.6 is 11.6 Å². The van der Waals surface area contributed by atoms with Crippen molar-refractivity contribution in [1.29, 1.82) is 0 Å². The number of nitrogens with one attached hydrogen (secondary N) is 3. The van der Waals surface area contributed by atoms with Crippen molar-refractivity contribution >= 4 is 34.8 Å². The average molecular weight is 468 g/mol. The van der Waals surface area contributed by atoms with Gasteiger partial charge < -0.3 is 30.2 Å². The summed E-state index contributed by atoms with van der Waals surface area (Å²) >= 11 is 6.01. The molecular weight excluding hydrogens is 446 g/mol. The number of ether oxygens (including phenoxy) is 3. The number of fused-ring (bicyclic) bond motifs is 1. The van der Waals surface area contributed by atoms with Crippen LogP contribution < -0.4 is 30.2 Å². The minimum Gasteiger partial charge on any atom is -0.495 e. The van der Waals surface area contributed by atoms with Crippen molar-refractivity contribution in [3.8, 4) is 17.2 Å². The molecule has 0 bridgehead atoms. The first-order valence-electron chi connectivity index (χ1n) is 10.2. The molecule has 1 aliphatic rings. The maximum Gasteiger partial charge on any atom is 0.253 e. The summed E-state index contributed by atoms with van der Waals surface area (Å²) in [4.78, 5) is 25.2. The Hall–Kier alpha value is -3.91. The van der Waals surface area contributed by atoms with Crippen molar-refractivity contribution in [2.24, 2.45) is 0 Å². The SMILES string of the molecule is COc1ccc(Cl)cc1NC(=O)CNc1ccccc1C(=O)NCc1ccc2c(c1)OCO2. The van der Waals surface area contributed by atoms with E-state index in [1.165, 1.54) is 7.11 Å². The van der Waals surface area contributed by atoms with E-state index in [1.54, 1.807) is 42.5 Å². The lowest BCUT2D eigenvalue weighted by molar-refractivity contribution is -0.114. The van der Waals surface area contributed by atoms with Crippen LogP contribution in [0, 0.1) is 0 Å². The Morgan fingerprint density at radius 1 is 1.00 bits per heavy atom. The highest BCUT2D eigenvalue weighted by molar-refractivity contribution is 6.31. The maximum absolute atomic E-state index is 12.8. The molecule has 1 aliphatic heterocycles. The van der Waals surface area contributed by atoms with E-state index in [4.69, 9.17) is 25.8 Å². The third-order valence-electron chi connectivity index (χ3n) is 4.94. The Kier molecular flexibility index (Phi) is 6.85. The third-order valence-corrected chi connectivity index (χ3v) is 5.17. The van der Waals surface area contributed by atoms with Crippen molar-refractivity contribution < 1.29 is 23.8 Å². The lowest BCUT2D eigenvalue weighted by Crippen LogP contribution is -2.26. The molecule has 0 radical (unpaired) electrons. The highest BCUT2D eigenvalue weighted by Crippen LogP contribution is 2.32. The van der Waals surface area contributed by atoms with Crippen LogP contribution in [0.5, 0.6) is 17.2 Å². The molecule has 0 atom stereocenters. The predicted octanol–water partition coefficient (Wildman–Crippen LogP) is 4.06. The Morgan fingerprint density at radius 2 is 1.82 bits per heavy atom. The molecule has 4 rings (SSSR count). The van der Waals surface area contributed by atoms with Crippen LogP contribution in [0.3, 0.4) is 0 Å². The van der Waals surface area contributed by atoms with Crippen molar-refractivity contribution in [3.63, 3.8) is 0 Å². The lowest BCUT2D eigenvalue weighted by Gasteiger charge is -2.14. The summed E-state index contributed by atoms with van der Waals surface area (Å²) in [6, 6.07) is 17.4. The minimum atomic E-state index is -0.314. The van der Waals surface area contributed by atoms with E-state index in [0.29, 0.717) is 45.8 Å². The highest BCUT2D eigenvalue weighted by atomic mass is 35.5. The molecule has 0 fully saturated rings. The van der Waals surface area contributed by atoms with Crippen LogP contribution in [0.15, 0.2) is 60.7 Å². The van der Waals surface area contributed by atoms with Gasteiger partial charge in [-0.05, 0) is 48.0 Å². The number of anilines is 2. The largest absolute Gasteiger partial charge is 0.495 e. The molecule has 3 N–H and O–H groups in total. The number of carbonyl (C=O) groups is 2. The van der Waals surface area contributed by atoms with Crippen molar-refractivity contribution in [2.75, 3.05) is 31.1 Å². The molecule has 8 nitrogen and oxygen atoms in total. The van der Waals surface area contributed by atoms with E-state index in [2.05, 4.69) is 16.0 Å². The number of rotatable bonds is 8. The van der Waals surface area contributed by atoms with Crippen molar-refractivity contribution in [2.45, 2.75) is 6.54 Å². The molecule has 0 aliphatic carbocycles. The normalized spacial score (nSPS) is 11.6. The molecular formula is C24H22ClN3O5. The summed E-state index contributed by atoms with van der Waals surface area (Å²) in [6.45, 7) is 0.461. The van der Waals surface area contributed by atoms with Gasteiger partial charge in [0.05, 0.1) is 24.9 Å². The molecule has 0 saturated heterocycles. The first-order valence-corrected chi connectivity index (χ1v) is 10.5. The number of amides is 2. The van der Waals surface area contributed by atoms with Gasteiger partial charge >= 0.3 is 0 Å². The molecule has 0 aromatic heterocycles. The predicted molar refractivity (Wildman–Crippen MR) is 125 cm³/mol. The Labute approximate surface area is 195 Å². The number of carbonyl (C=O) groups excluding carboxylic acids is 2. The molecule has 170 valence electrons. The summed E-state index contributed by atoms with van der Waals surface area (Å²) in [5, 5.41) is 9.13. The van der Waals surface area contributed by atoms with Gasteiger partial charge in [0.1, 0.15) is 5.75 Å². The van der Waals surface area contributed by atoms with Crippen molar-refractivity contribution in [3.05, 3.63) is 76.8 Å². The van der Waals surface area contributed by atoms with E-state index >= 15 is 0 Å². The van der Waals surface area contributed by atoms with Crippen molar-refractivity contribution in [1.82, 2.24) is 5.32 Å². The number of hydrogen-bond acceptors (Lipinski definition) is 6. The van der Waals surface area contributed by atoms with Crippen LogP contribution in [-0.4, -0.2) is 32.3 Å². The molecule has 3 aromatic carbocycles. The topological polar surface area (TPSA) is 97.9 Å². The fourth-order valence-corrected chi connectivity index (χ4v) is 3.48. The highest BCUT2D eigenvalue weighted by Gasteiger charge is 2.15. The number of para-hydroxylation sites is 1. The van der Waals surface area contributed by atoms with E-state index < -0.39 is 0 Å². The molecule has 2 amide bonds. The van der Waals surface area contributed by atoms with Gasteiger partial charge in [-0.2, -0.15) is 0 Å².